The Morgan fingerprint density at radius 3 is 2.58 bits per heavy atom. The lowest BCUT2D eigenvalue weighted by molar-refractivity contribution is 0.102. The van der Waals surface area contributed by atoms with Crippen LogP contribution < -0.4 is 5.32 Å². The second-order valence-electron chi connectivity index (χ2n) is 4.40. The molecule has 98 valence electrons. The molecule has 0 atom stereocenters. The van der Waals surface area contributed by atoms with E-state index < -0.39 is 0 Å². The number of carbonyl (C=O) groups is 1. The summed E-state index contributed by atoms with van der Waals surface area (Å²) in [7, 11) is 0. The molecule has 0 saturated carbocycles. The van der Waals surface area contributed by atoms with E-state index >= 15 is 0 Å². The lowest BCUT2D eigenvalue weighted by Gasteiger charge is -2.10. The van der Waals surface area contributed by atoms with E-state index in [9.17, 15) is 4.79 Å². The molecule has 0 spiro atoms. The van der Waals surface area contributed by atoms with Crippen molar-refractivity contribution in [2.24, 2.45) is 0 Å². The molecule has 4 heteroatoms. The number of halogens is 2. The molecule has 19 heavy (non-hydrogen) atoms. The van der Waals surface area contributed by atoms with E-state index in [4.69, 9.17) is 11.6 Å². The van der Waals surface area contributed by atoms with Gasteiger partial charge in [-0.1, -0.05) is 23.7 Å². The summed E-state index contributed by atoms with van der Waals surface area (Å²) in [4.78, 5) is 12.2. The van der Waals surface area contributed by atoms with Gasteiger partial charge in [-0.3, -0.25) is 4.79 Å². The number of nitrogens with one attached hydrogen (secondary N) is 1. The van der Waals surface area contributed by atoms with E-state index in [1.165, 1.54) is 0 Å². The quantitative estimate of drug-likeness (QED) is 0.823. The minimum Gasteiger partial charge on any atom is -0.322 e. The summed E-state index contributed by atoms with van der Waals surface area (Å²) in [5.74, 6) is -0.155. The van der Waals surface area contributed by atoms with Crippen molar-refractivity contribution in [3.8, 4) is 0 Å². The fourth-order valence-electron chi connectivity index (χ4n) is 1.72. The number of rotatable bonds is 2. The Labute approximate surface area is 125 Å². The Morgan fingerprint density at radius 1 is 1.16 bits per heavy atom. The van der Waals surface area contributed by atoms with Crippen molar-refractivity contribution in [3.63, 3.8) is 0 Å². The third-order valence-corrected chi connectivity index (χ3v) is 3.71. The molecule has 1 amide bonds. The first kappa shape index (κ1) is 14.1. The van der Waals surface area contributed by atoms with E-state index in [2.05, 4.69) is 21.2 Å². The number of carbonyl (C=O) groups excluding carboxylic acids is 1. The maximum absolute atomic E-state index is 12.2. The van der Waals surface area contributed by atoms with Gasteiger partial charge in [0.05, 0.1) is 5.56 Å². The lowest BCUT2D eigenvalue weighted by atomic mass is 10.1. The Balaban J connectivity index is 2.28. The molecule has 0 radical (unpaired) electrons. The van der Waals surface area contributed by atoms with Gasteiger partial charge >= 0.3 is 0 Å². The van der Waals surface area contributed by atoms with Crippen LogP contribution in [0.5, 0.6) is 0 Å². The smallest absolute Gasteiger partial charge is 0.256 e. The molecule has 2 rings (SSSR count). The van der Waals surface area contributed by atoms with Gasteiger partial charge in [-0.15, -0.1) is 0 Å². The molecule has 2 aromatic rings. The zero-order valence-corrected chi connectivity index (χ0v) is 13.0. The molecule has 0 aliphatic carbocycles. The van der Waals surface area contributed by atoms with E-state index in [0.717, 1.165) is 21.3 Å². The average Bonchev–Trinajstić information content (AvgIpc) is 2.33. The van der Waals surface area contributed by atoms with Crippen LogP contribution in [0.4, 0.5) is 5.69 Å². The topological polar surface area (TPSA) is 29.1 Å². The summed E-state index contributed by atoms with van der Waals surface area (Å²) in [6, 6.07) is 11.0. The summed E-state index contributed by atoms with van der Waals surface area (Å²) < 4.78 is 0.782. The number of hydrogen-bond acceptors (Lipinski definition) is 1. The standard InChI is InChI=1S/C15H13BrClNO/c1-9-3-6-12(13(16)7-9)15(19)18-14-8-11(17)5-4-10(14)2/h3-8H,1-2H3,(H,18,19). The van der Waals surface area contributed by atoms with Crippen LogP contribution in [0, 0.1) is 13.8 Å². The summed E-state index contributed by atoms with van der Waals surface area (Å²) in [6.07, 6.45) is 0. The van der Waals surface area contributed by atoms with E-state index in [1.54, 1.807) is 18.2 Å². The number of aryl methyl sites for hydroxylation is 2. The first-order chi connectivity index (χ1) is 8.97. The number of anilines is 1. The van der Waals surface area contributed by atoms with Crippen molar-refractivity contribution >= 4 is 39.1 Å². The van der Waals surface area contributed by atoms with Gasteiger partial charge in [0.15, 0.2) is 0 Å². The number of hydrogen-bond donors (Lipinski definition) is 1. The minimum atomic E-state index is -0.155. The number of benzene rings is 2. The summed E-state index contributed by atoms with van der Waals surface area (Å²) >= 11 is 9.34. The summed E-state index contributed by atoms with van der Waals surface area (Å²) in [5.41, 5.74) is 3.40. The molecule has 0 saturated heterocycles. The van der Waals surface area contributed by atoms with Crippen LogP contribution >= 0.6 is 27.5 Å². The molecule has 0 unspecified atom stereocenters. The largest absolute Gasteiger partial charge is 0.322 e. The highest BCUT2D eigenvalue weighted by Gasteiger charge is 2.11. The van der Waals surface area contributed by atoms with Gasteiger partial charge in [0.2, 0.25) is 0 Å². The van der Waals surface area contributed by atoms with Crippen LogP contribution in [-0.2, 0) is 0 Å². The predicted octanol–water partition coefficient (Wildman–Crippen LogP) is 4.97. The summed E-state index contributed by atoms with van der Waals surface area (Å²) in [5, 5.41) is 3.48. The second-order valence-corrected chi connectivity index (χ2v) is 5.69. The first-order valence-electron chi connectivity index (χ1n) is 5.81. The molecule has 1 N–H and O–H groups in total. The Bertz CT molecular complexity index is 640. The Hall–Kier alpha value is -1.32. The predicted molar refractivity (Wildman–Crippen MR) is 83.0 cm³/mol. The van der Waals surface area contributed by atoms with Crippen LogP contribution in [0.15, 0.2) is 40.9 Å². The van der Waals surface area contributed by atoms with Gasteiger partial charge in [-0.2, -0.15) is 0 Å². The average molecular weight is 339 g/mol. The Morgan fingerprint density at radius 2 is 1.89 bits per heavy atom. The molecule has 0 aliphatic rings. The van der Waals surface area contributed by atoms with Crippen LogP contribution in [0.3, 0.4) is 0 Å². The van der Waals surface area contributed by atoms with E-state index in [0.29, 0.717) is 10.6 Å². The van der Waals surface area contributed by atoms with Crippen molar-refractivity contribution < 1.29 is 4.79 Å². The zero-order valence-electron chi connectivity index (χ0n) is 10.6. The highest BCUT2D eigenvalue weighted by atomic mass is 79.9. The van der Waals surface area contributed by atoms with Gasteiger partial charge in [0.25, 0.3) is 5.91 Å². The van der Waals surface area contributed by atoms with Crippen molar-refractivity contribution in [3.05, 3.63) is 62.6 Å². The van der Waals surface area contributed by atoms with Gasteiger partial charge in [0.1, 0.15) is 0 Å². The van der Waals surface area contributed by atoms with Crippen molar-refractivity contribution in [1.29, 1.82) is 0 Å². The fraction of sp³-hybridized carbons (Fsp3) is 0.133. The highest BCUT2D eigenvalue weighted by molar-refractivity contribution is 9.10. The van der Waals surface area contributed by atoms with Gasteiger partial charge in [-0.25, -0.2) is 0 Å². The molecular weight excluding hydrogens is 326 g/mol. The highest BCUT2D eigenvalue weighted by Crippen LogP contribution is 2.23. The molecule has 0 aliphatic heterocycles. The monoisotopic (exact) mass is 337 g/mol. The van der Waals surface area contributed by atoms with Crippen molar-refractivity contribution in [2.45, 2.75) is 13.8 Å². The van der Waals surface area contributed by atoms with Crippen molar-refractivity contribution in [1.82, 2.24) is 0 Å². The molecule has 2 aromatic carbocycles. The first-order valence-corrected chi connectivity index (χ1v) is 6.98. The Kier molecular flexibility index (Phi) is 4.27. The van der Waals surface area contributed by atoms with Gasteiger partial charge in [-0.05, 0) is 65.2 Å². The third kappa shape index (κ3) is 3.37. The van der Waals surface area contributed by atoms with Crippen molar-refractivity contribution in [2.75, 3.05) is 5.32 Å². The normalized spacial score (nSPS) is 10.3. The molecular formula is C15H13BrClNO. The fourth-order valence-corrected chi connectivity index (χ4v) is 2.57. The third-order valence-electron chi connectivity index (χ3n) is 2.82. The SMILES string of the molecule is Cc1ccc(C(=O)Nc2cc(Cl)ccc2C)c(Br)c1. The maximum atomic E-state index is 12.2. The lowest BCUT2D eigenvalue weighted by Crippen LogP contribution is -2.13. The number of amides is 1. The van der Waals surface area contributed by atoms with E-state index in [1.807, 2.05) is 32.0 Å². The van der Waals surface area contributed by atoms with Gasteiger partial charge in [0, 0.05) is 15.2 Å². The maximum Gasteiger partial charge on any atom is 0.256 e. The van der Waals surface area contributed by atoms with Crippen LogP contribution in [0.1, 0.15) is 21.5 Å². The van der Waals surface area contributed by atoms with Crippen LogP contribution in [0.2, 0.25) is 5.02 Å². The molecule has 0 fully saturated rings. The molecule has 2 nitrogen and oxygen atoms in total. The van der Waals surface area contributed by atoms with Crippen LogP contribution in [0.25, 0.3) is 0 Å². The minimum absolute atomic E-state index is 0.155. The molecule has 0 bridgehead atoms. The second kappa shape index (κ2) is 5.76. The van der Waals surface area contributed by atoms with Gasteiger partial charge < -0.3 is 5.32 Å². The van der Waals surface area contributed by atoms with Crippen LogP contribution in [-0.4, -0.2) is 5.91 Å². The zero-order chi connectivity index (χ0) is 14.0. The molecule has 0 aromatic heterocycles. The van der Waals surface area contributed by atoms with E-state index in [-0.39, 0.29) is 5.91 Å². The summed E-state index contributed by atoms with van der Waals surface area (Å²) in [6.45, 7) is 3.91. The molecule has 0 heterocycles.